The maximum absolute atomic E-state index is 14.2. The zero-order chi connectivity index (χ0) is 27.8. The van der Waals surface area contributed by atoms with Gasteiger partial charge in [0.25, 0.3) is 5.91 Å². The molecule has 1 N–H and O–H groups in total. The van der Waals surface area contributed by atoms with Crippen molar-refractivity contribution >= 4 is 17.4 Å². The summed E-state index contributed by atoms with van der Waals surface area (Å²) in [7, 11) is 1.56. The van der Waals surface area contributed by atoms with E-state index >= 15 is 0 Å². The molecular weight excluding hydrogens is 506 g/mol. The van der Waals surface area contributed by atoms with E-state index in [9.17, 15) is 14.7 Å². The highest BCUT2D eigenvalue weighted by Gasteiger charge is 2.73. The topological polar surface area (TPSA) is 85.3 Å². The van der Waals surface area contributed by atoms with Gasteiger partial charge in [0.2, 0.25) is 6.79 Å². The molecule has 8 rings (SSSR count). The first kappa shape index (κ1) is 24.8. The van der Waals surface area contributed by atoms with E-state index in [-0.39, 0.29) is 37.1 Å². The molecule has 3 aromatic rings. The highest BCUT2D eigenvalue weighted by Crippen LogP contribution is 2.70. The van der Waals surface area contributed by atoms with Gasteiger partial charge in [-0.25, -0.2) is 0 Å². The number of carbonyl (C=O) groups excluding carboxylic acids is 1. The van der Waals surface area contributed by atoms with Gasteiger partial charge < -0.3 is 24.2 Å². The van der Waals surface area contributed by atoms with Crippen molar-refractivity contribution in [2.75, 3.05) is 20.4 Å². The molecule has 0 aromatic heterocycles. The second-order valence-corrected chi connectivity index (χ2v) is 11.4. The van der Waals surface area contributed by atoms with Gasteiger partial charge in [0.15, 0.2) is 11.5 Å². The van der Waals surface area contributed by atoms with E-state index in [0.717, 1.165) is 29.5 Å². The van der Waals surface area contributed by atoms with Crippen LogP contribution in [0, 0.1) is 11.3 Å². The van der Waals surface area contributed by atoms with Gasteiger partial charge >= 0.3 is 5.97 Å². The molecule has 2 heterocycles. The lowest BCUT2D eigenvalue weighted by Crippen LogP contribution is -2.61. The number of rotatable bonds is 5. The van der Waals surface area contributed by atoms with Crippen molar-refractivity contribution in [3.05, 3.63) is 95.6 Å². The number of carboxylic acid groups (broad SMARTS) is 1. The predicted molar refractivity (Wildman–Crippen MR) is 149 cm³/mol. The van der Waals surface area contributed by atoms with E-state index < -0.39 is 16.8 Å². The number of carbonyl (C=O) groups is 2. The molecule has 7 nitrogen and oxygen atoms in total. The Morgan fingerprint density at radius 3 is 2.60 bits per heavy atom. The summed E-state index contributed by atoms with van der Waals surface area (Å²) in [5.74, 6) is 0.223. The third kappa shape index (κ3) is 3.00. The predicted octanol–water partition coefficient (Wildman–Crippen LogP) is 5.23. The average Bonchev–Trinajstić information content (AvgIpc) is 3.60. The van der Waals surface area contributed by atoms with Crippen molar-refractivity contribution in [1.82, 2.24) is 4.90 Å². The number of likely N-dealkylation sites (tertiary alicyclic amines) is 1. The molecule has 40 heavy (non-hydrogen) atoms. The van der Waals surface area contributed by atoms with Crippen LogP contribution in [0.2, 0.25) is 0 Å². The fourth-order valence-electron chi connectivity index (χ4n) is 8.48. The number of methoxy groups -OCH3 is 1. The number of amides is 1. The van der Waals surface area contributed by atoms with Crippen LogP contribution in [0.15, 0.2) is 73.3 Å². The van der Waals surface area contributed by atoms with Crippen LogP contribution < -0.4 is 14.2 Å². The largest absolute Gasteiger partial charge is 0.496 e. The van der Waals surface area contributed by atoms with E-state index in [1.165, 1.54) is 0 Å². The molecule has 7 heteroatoms. The summed E-state index contributed by atoms with van der Waals surface area (Å²) < 4.78 is 16.9. The Labute approximate surface area is 233 Å². The van der Waals surface area contributed by atoms with Crippen molar-refractivity contribution in [3.8, 4) is 17.2 Å². The molecule has 5 unspecified atom stereocenters. The van der Waals surface area contributed by atoms with Crippen molar-refractivity contribution in [1.29, 1.82) is 0 Å². The molecule has 2 fully saturated rings. The van der Waals surface area contributed by atoms with Gasteiger partial charge in [-0.2, -0.15) is 0 Å². The molecule has 5 aliphatic rings. The average molecular weight is 538 g/mol. The second-order valence-electron chi connectivity index (χ2n) is 11.4. The molecule has 2 aliphatic heterocycles. The number of ether oxygens (including phenoxy) is 3. The number of hydrogen-bond donors (Lipinski definition) is 1. The molecule has 2 bridgehead atoms. The van der Waals surface area contributed by atoms with Crippen molar-refractivity contribution < 1.29 is 28.9 Å². The molecular formula is C33H31NO6. The van der Waals surface area contributed by atoms with Gasteiger partial charge in [-0.1, -0.05) is 55.1 Å². The summed E-state index contributed by atoms with van der Waals surface area (Å²) >= 11 is 0. The Kier molecular flexibility index (Phi) is 5.33. The monoisotopic (exact) mass is 537 g/mol. The standard InChI is InChI=1S/C33H31NO6/c1-19(22-8-5-7-11-26(22)38-3)30(35)34-17-33(31(36)37)25-14-15-32(29(33)20(34)2,24-10-6-4-9-23(24)25)21-12-13-27-28(16-21)40-18-39-27/h4-13,16,20,25,29H,1,14-15,17-18H2,2-3H3,(H,36,37). The molecule has 0 spiro atoms. The van der Waals surface area contributed by atoms with Gasteiger partial charge in [-0.05, 0) is 54.7 Å². The van der Waals surface area contributed by atoms with E-state index in [1.54, 1.807) is 18.1 Å². The summed E-state index contributed by atoms with van der Waals surface area (Å²) in [6, 6.07) is 21.2. The zero-order valence-corrected chi connectivity index (χ0v) is 22.6. The minimum absolute atomic E-state index is 0.118. The summed E-state index contributed by atoms with van der Waals surface area (Å²) in [4.78, 5) is 29.5. The number of nitrogens with zero attached hydrogens (tertiary/aromatic N) is 1. The van der Waals surface area contributed by atoms with Crippen LogP contribution in [0.4, 0.5) is 0 Å². The van der Waals surface area contributed by atoms with Crippen LogP contribution in [-0.2, 0) is 15.0 Å². The van der Waals surface area contributed by atoms with Gasteiger partial charge in [-0.15, -0.1) is 0 Å². The fourth-order valence-corrected chi connectivity index (χ4v) is 8.48. The smallest absolute Gasteiger partial charge is 0.312 e. The van der Waals surface area contributed by atoms with Crippen LogP contribution in [0.5, 0.6) is 17.2 Å². The molecule has 0 radical (unpaired) electrons. The normalized spacial score (nSPS) is 29.1. The lowest BCUT2D eigenvalue weighted by molar-refractivity contribution is -0.158. The SMILES string of the molecule is C=C(C(=O)N1CC2(C(=O)O)C3CCC(c4ccc5c(c4)OCO5)(c4ccccc43)C2C1C)c1ccccc1OC. The van der Waals surface area contributed by atoms with Crippen LogP contribution >= 0.6 is 0 Å². The fraction of sp³-hybridized carbons (Fsp3) is 0.333. The first-order valence-corrected chi connectivity index (χ1v) is 13.7. The van der Waals surface area contributed by atoms with Gasteiger partial charge in [-0.3, -0.25) is 9.59 Å². The number of hydrogen-bond acceptors (Lipinski definition) is 5. The Bertz CT molecular complexity index is 1580. The number of para-hydroxylation sites is 1. The first-order valence-electron chi connectivity index (χ1n) is 13.7. The minimum Gasteiger partial charge on any atom is -0.496 e. The third-order valence-electron chi connectivity index (χ3n) is 9.99. The van der Waals surface area contributed by atoms with Crippen LogP contribution in [-0.4, -0.2) is 48.4 Å². The van der Waals surface area contributed by atoms with Gasteiger partial charge in [0.1, 0.15) is 5.75 Å². The molecule has 1 amide bonds. The Balaban J connectivity index is 1.41. The van der Waals surface area contributed by atoms with Crippen LogP contribution in [0.3, 0.4) is 0 Å². The van der Waals surface area contributed by atoms with E-state index in [0.29, 0.717) is 28.4 Å². The Hall–Kier alpha value is -4.26. The van der Waals surface area contributed by atoms with Crippen molar-refractivity contribution in [3.63, 3.8) is 0 Å². The van der Waals surface area contributed by atoms with Crippen LogP contribution in [0.1, 0.15) is 47.9 Å². The highest BCUT2D eigenvalue weighted by atomic mass is 16.7. The highest BCUT2D eigenvalue weighted by molar-refractivity contribution is 6.19. The lowest BCUT2D eigenvalue weighted by Gasteiger charge is -2.60. The van der Waals surface area contributed by atoms with E-state index in [1.807, 2.05) is 55.5 Å². The molecule has 204 valence electrons. The summed E-state index contributed by atoms with van der Waals surface area (Å²) in [5.41, 5.74) is 2.35. The van der Waals surface area contributed by atoms with Crippen LogP contribution in [0.25, 0.3) is 5.57 Å². The molecule has 1 saturated heterocycles. The summed E-state index contributed by atoms with van der Waals surface area (Å²) in [6.07, 6.45) is 1.50. The second kappa shape index (κ2) is 8.62. The summed E-state index contributed by atoms with van der Waals surface area (Å²) in [6.45, 7) is 6.44. The first-order chi connectivity index (χ1) is 19.3. The number of fused-ring (bicyclic) bond motifs is 2. The Morgan fingerprint density at radius 1 is 1.05 bits per heavy atom. The number of benzene rings is 3. The van der Waals surface area contributed by atoms with Gasteiger partial charge in [0.05, 0.1) is 12.5 Å². The molecule has 5 atom stereocenters. The maximum atomic E-state index is 14.2. The zero-order valence-electron chi connectivity index (χ0n) is 22.6. The van der Waals surface area contributed by atoms with E-state index in [4.69, 9.17) is 14.2 Å². The minimum atomic E-state index is -1.15. The molecule has 1 saturated carbocycles. The maximum Gasteiger partial charge on any atom is 0.312 e. The third-order valence-corrected chi connectivity index (χ3v) is 9.99. The van der Waals surface area contributed by atoms with Gasteiger partial charge in [0, 0.05) is 41.0 Å². The Morgan fingerprint density at radius 2 is 1.80 bits per heavy atom. The van der Waals surface area contributed by atoms with Crippen molar-refractivity contribution in [2.45, 2.75) is 37.1 Å². The van der Waals surface area contributed by atoms with Crippen molar-refractivity contribution in [2.24, 2.45) is 11.3 Å². The summed E-state index contributed by atoms with van der Waals surface area (Å²) in [5, 5.41) is 11.1. The van der Waals surface area contributed by atoms with E-state index in [2.05, 4.69) is 18.7 Å². The molecule has 3 aliphatic carbocycles. The number of aliphatic carboxylic acids is 1. The molecule has 3 aromatic carbocycles. The quantitative estimate of drug-likeness (QED) is 0.449. The number of carboxylic acids is 1. The lowest BCUT2D eigenvalue weighted by atomic mass is 9.41.